The summed E-state index contributed by atoms with van der Waals surface area (Å²) < 4.78 is 6.89. The summed E-state index contributed by atoms with van der Waals surface area (Å²) >= 11 is 0. The Morgan fingerprint density at radius 2 is 2.10 bits per heavy atom. The first-order valence-electron chi connectivity index (χ1n) is 6.88. The van der Waals surface area contributed by atoms with Crippen LogP contribution in [0.4, 0.5) is 0 Å². The highest BCUT2D eigenvalue weighted by Gasteiger charge is 2.21. The lowest BCUT2D eigenvalue weighted by molar-refractivity contribution is 0.0681. The number of carbonyl (C=O) groups is 1. The van der Waals surface area contributed by atoms with Crippen LogP contribution in [0.25, 0.3) is 10.9 Å². The highest BCUT2D eigenvalue weighted by atomic mass is 16.5. The van der Waals surface area contributed by atoms with Crippen molar-refractivity contribution in [2.75, 3.05) is 7.11 Å². The zero-order valence-electron chi connectivity index (χ0n) is 12.6. The van der Waals surface area contributed by atoms with E-state index in [4.69, 9.17) is 4.74 Å². The Bertz CT molecular complexity index is 761. The maximum Gasteiger partial charge on any atom is 0.352 e. The van der Waals surface area contributed by atoms with E-state index in [0.717, 1.165) is 6.42 Å². The Balaban J connectivity index is 3.00. The minimum Gasteiger partial charge on any atom is -0.497 e. The second kappa shape index (κ2) is 5.60. The molecule has 2 rings (SSSR count). The molecule has 0 aliphatic carbocycles. The Labute approximate surface area is 122 Å². The van der Waals surface area contributed by atoms with Crippen LogP contribution in [-0.2, 0) is 0 Å². The SMILES string of the molecule is CCC(C)n1c(C(=O)O)c(C)c(=O)c2cc(OC)ccc21. The standard InChI is InChI=1S/C16H19NO4/c1-5-9(2)17-13-7-6-11(21-4)8-12(13)15(18)10(3)14(17)16(19)20/h6-9H,5H2,1-4H3,(H,19,20). The van der Waals surface area contributed by atoms with E-state index < -0.39 is 5.97 Å². The summed E-state index contributed by atoms with van der Waals surface area (Å²) in [5.41, 5.74) is 0.676. The predicted molar refractivity (Wildman–Crippen MR) is 81.5 cm³/mol. The summed E-state index contributed by atoms with van der Waals surface area (Å²) in [4.78, 5) is 24.1. The summed E-state index contributed by atoms with van der Waals surface area (Å²) in [5.74, 6) is -0.500. The molecular formula is C16H19NO4. The van der Waals surface area contributed by atoms with E-state index in [0.29, 0.717) is 16.7 Å². The average molecular weight is 289 g/mol. The van der Waals surface area contributed by atoms with E-state index in [1.807, 2.05) is 13.8 Å². The van der Waals surface area contributed by atoms with E-state index in [-0.39, 0.29) is 22.7 Å². The highest BCUT2D eigenvalue weighted by Crippen LogP contribution is 2.25. The van der Waals surface area contributed by atoms with Crippen LogP contribution in [0.3, 0.4) is 0 Å². The van der Waals surface area contributed by atoms with Crippen molar-refractivity contribution in [1.29, 1.82) is 0 Å². The lowest BCUT2D eigenvalue weighted by Crippen LogP contribution is -2.24. The lowest BCUT2D eigenvalue weighted by atomic mass is 10.1. The number of hydrogen-bond donors (Lipinski definition) is 1. The number of aromatic nitrogens is 1. The number of methoxy groups -OCH3 is 1. The first-order chi connectivity index (χ1) is 9.92. The first kappa shape index (κ1) is 15.1. The number of carboxylic acids is 1. The summed E-state index contributed by atoms with van der Waals surface area (Å²) in [6.45, 7) is 5.49. The van der Waals surface area contributed by atoms with Crippen molar-refractivity contribution in [1.82, 2.24) is 4.57 Å². The number of fused-ring (bicyclic) bond motifs is 1. The summed E-state index contributed by atoms with van der Waals surface area (Å²) in [6, 6.07) is 5.12. The molecule has 1 aromatic carbocycles. The molecule has 0 amide bonds. The van der Waals surface area contributed by atoms with Crippen LogP contribution >= 0.6 is 0 Å². The maximum absolute atomic E-state index is 12.5. The molecule has 112 valence electrons. The Morgan fingerprint density at radius 3 is 2.62 bits per heavy atom. The van der Waals surface area contributed by atoms with Gasteiger partial charge in [0, 0.05) is 17.0 Å². The van der Waals surface area contributed by atoms with Crippen LogP contribution in [0.5, 0.6) is 5.75 Å². The molecule has 0 aliphatic heterocycles. The summed E-state index contributed by atoms with van der Waals surface area (Å²) in [6.07, 6.45) is 0.768. The molecule has 0 saturated heterocycles. The molecule has 1 heterocycles. The van der Waals surface area contributed by atoms with Crippen molar-refractivity contribution < 1.29 is 14.6 Å². The van der Waals surface area contributed by atoms with E-state index in [1.165, 1.54) is 7.11 Å². The second-order valence-corrected chi connectivity index (χ2v) is 5.12. The number of benzene rings is 1. The van der Waals surface area contributed by atoms with Gasteiger partial charge in [0.15, 0.2) is 5.43 Å². The van der Waals surface area contributed by atoms with Crippen LogP contribution in [0, 0.1) is 6.92 Å². The van der Waals surface area contributed by atoms with Crippen molar-refractivity contribution in [3.63, 3.8) is 0 Å². The maximum atomic E-state index is 12.5. The van der Waals surface area contributed by atoms with Crippen LogP contribution in [-0.4, -0.2) is 22.8 Å². The quantitative estimate of drug-likeness (QED) is 0.939. The predicted octanol–water partition coefficient (Wildman–Crippen LogP) is 2.99. The fourth-order valence-corrected chi connectivity index (χ4v) is 2.55. The number of ether oxygens (including phenoxy) is 1. The number of hydrogen-bond acceptors (Lipinski definition) is 3. The Kier molecular flexibility index (Phi) is 4.02. The van der Waals surface area contributed by atoms with Gasteiger partial charge in [0.2, 0.25) is 0 Å². The fourth-order valence-electron chi connectivity index (χ4n) is 2.55. The molecule has 0 radical (unpaired) electrons. The van der Waals surface area contributed by atoms with Crippen LogP contribution < -0.4 is 10.2 Å². The summed E-state index contributed by atoms with van der Waals surface area (Å²) in [5, 5.41) is 9.97. The molecule has 2 aromatic rings. The minimum atomic E-state index is -1.08. The average Bonchev–Trinajstić information content (AvgIpc) is 2.48. The Hall–Kier alpha value is -2.30. The van der Waals surface area contributed by atoms with Crippen molar-refractivity contribution in [2.24, 2.45) is 0 Å². The zero-order valence-corrected chi connectivity index (χ0v) is 12.6. The van der Waals surface area contributed by atoms with Crippen molar-refractivity contribution in [3.05, 3.63) is 39.7 Å². The molecule has 0 saturated carbocycles. The van der Waals surface area contributed by atoms with E-state index in [1.54, 1.807) is 29.7 Å². The van der Waals surface area contributed by atoms with Gasteiger partial charge in [0.25, 0.3) is 0 Å². The molecule has 1 unspecified atom stereocenters. The molecule has 0 fully saturated rings. The van der Waals surface area contributed by atoms with E-state index in [2.05, 4.69) is 0 Å². The van der Waals surface area contributed by atoms with Gasteiger partial charge in [-0.2, -0.15) is 0 Å². The minimum absolute atomic E-state index is 0.0219. The molecular weight excluding hydrogens is 270 g/mol. The Morgan fingerprint density at radius 1 is 1.43 bits per heavy atom. The van der Waals surface area contributed by atoms with Gasteiger partial charge < -0.3 is 14.4 Å². The van der Waals surface area contributed by atoms with Gasteiger partial charge >= 0.3 is 5.97 Å². The molecule has 0 bridgehead atoms. The largest absolute Gasteiger partial charge is 0.497 e. The van der Waals surface area contributed by atoms with Gasteiger partial charge in [0.05, 0.1) is 12.6 Å². The van der Waals surface area contributed by atoms with Crippen molar-refractivity contribution in [2.45, 2.75) is 33.2 Å². The van der Waals surface area contributed by atoms with Gasteiger partial charge in [-0.25, -0.2) is 4.79 Å². The molecule has 5 nitrogen and oxygen atoms in total. The highest BCUT2D eigenvalue weighted by molar-refractivity contribution is 5.93. The van der Waals surface area contributed by atoms with Gasteiger partial charge in [-0.1, -0.05) is 6.92 Å². The number of rotatable bonds is 4. The van der Waals surface area contributed by atoms with Crippen LogP contribution in [0.2, 0.25) is 0 Å². The van der Waals surface area contributed by atoms with Gasteiger partial charge in [-0.3, -0.25) is 4.79 Å². The molecule has 21 heavy (non-hydrogen) atoms. The smallest absolute Gasteiger partial charge is 0.352 e. The number of aromatic carboxylic acids is 1. The van der Waals surface area contributed by atoms with Crippen molar-refractivity contribution in [3.8, 4) is 5.75 Å². The zero-order chi connectivity index (χ0) is 15.7. The number of nitrogens with zero attached hydrogens (tertiary/aromatic N) is 1. The molecule has 5 heteroatoms. The summed E-state index contributed by atoms with van der Waals surface area (Å²) in [7, 11) is 1.53. The van der Waals surface area contributed by atoms with Gasteiger partial charge in [-0.15, -0.1) is 0 Å². The monoisotopic (exact) mass is 289 g/mol. The van der Waals surface area contributed by atoms with E-state index in [9.17, 15) is 14.7 Å². The molecule has 1 N–H and O–H groups in total. The topological polar surface area (TPSA) is 68.5 Å². The lowest BCUT2D eigenvalue weighted by Gasteiger charge is -2.22. The molecule has 1 aromatic heterocycles. The fraction of sp³-hybridized carbons (Fsp3) is 0.375. The second-order valence-electron chi connectivity index (χ2n) is 5.12. The third-order valence-corrected chi connectivity index (χ3v) is 3.88. The van der Waals surface area contributed by atoms with Gasteiger partial charge in [-0.05, 0) is 38.5 Å². The number of pyridine rings is 1. The van der Waals surface area contributed by atoms with E-state index >= 15 is 0 Å². The first-order valence-corrected chi connectivity index (χ1v) is 6.88. The number of carboxylic acid groups (broad SMARTS) is 1. The third kappa shape index (κ3) is 2.39. The molecule has 0 aliphatic rings. The normalized spacial score (nSPS) is 12.4. The molecule has 0 spiro atoms. The van der Waals surface area contributed by atoms with Crippen molar-refractivity contribution >= 4 is 16.9 Å². The van der Waals surface area contributed by atoms with Crippen LogP contribution in [0.1, 0.15) is 42.4 Å². The molecule has 1 atom stereocenters. The van der Waals surface area contributed by atoms with Gasteiger partial charge in [0.1, 0.15) is 11.4 Å². The third-order valence-electron chi connectivity index (χ3n) is 3.88. The van der Waals surface area contributed by atoms with Crippen LogP contribution in [0.15, 0.2) is 23.0 Å².